The molecule has 0 fully saturated rings. The van der Waals surface area contributed by atoms with Gasteiger partial charge in [0.15, 0.2) is 0 Å². The van der Waals surface area contributed by atoms with Crippen molar-refractivity contribution in [1.82, 2.24) is 4.90 Å². The van der Waals surface area contributed by atoms with Crippen LogP contribution in [0.4, 0.5) is 0 Å². The van der Waals surface area contributed by atoms with E-state index >= 15 is 0 Å². The molecule has 0 saturated carbocycles. The van der Waals surface area contributed by atoms with Gasteiger partial charge in [0.05, 0.1) is 0 Å². The van der Waals surface area contributed by atoms with Crippen LogP contribution < -0.4 is 0 Å². The lowest BCUT2D eigenvalue weighted by Gasteiger charge is -2.12. The van der Waals surface area contributed by atoms with Crippen LogP contribution in [0.1, 0.15) is 19.4 Å². The van der Waals surface area contributed by atoms with E-state index in [2.05, 4.69) is 0 Å². The third kappa shape index (κ3) is 4.87. The molecule has 1 amide bonds. The van der Waals surface area contributed by atoms with E-state index in [9.17, 15) is 4.79 Å². The van der Waals surface area contributed by atoms with Gasteiger partial charge in [-0.1, -0.05) is 36.4 Å². The van der Waals surface area contributed by atoms with Crippen LogP contribution in [0.2, 0.25) is 0 Å². The summed E-state index contributed by atoms with van der Waals surface area (Å²) in [6.45, 7) is 3.91. The predicted octanol–water partition coefficient (Wildman–Crippen LogP) is 3.10. The second kappa shape index (κ2) is 7.33. The minimum absolute atomic E-state index is 0.0275. The van der Waals surface area contributed by atoms with Crippen LogP contribution in [0, 0.1) is 0 Å². The van der Waals surface area contributed by atoms with Gasteiger partial charge in [-0.05, 0) is 18.6 Å². The number of hydrogen-bond donors (Lipinski definition) is 0. The molecule has 3 nitrogen and oxygen atoms in total. The number of ether oxygens (including phenoxy) is 1. The molecule has 0 bridgehead atoms. The third-order valence-electron chi connectivity index (χ3n) is 2.40. The zero-order chi connectivity index (χ0) is 13.4. The summed E-state index contributed by atoms with van der Waals surface area (Å²) >= 11 is 0. The Morgan fingerprint density at radius 1 is 1.33 bits per heavy atom. The van der Waals surface area contributed by atoms with Crippen LogP contribution in [0.3, 0.4) is 0 Å². The van der Waals surface area contributed by atoms with E-state index in [0.29, 0.717) is 12.4 Å². The van der Waals surface area contributed by atoms with Gasteiger partial charge >= 0.3 is 0 Å². The maximum Gasteiger partial charge on any atom is 0.223 e. The van der Waals surface area contributed by atoms with Gasteiger partial charge in [-0.2, -0.15) is 0 Å². The highest BCUT2D eigenvalue weighted by Crippen LogP contribution is 2.08. The Hall–Kier alpha value is -2.03. The second-order valence-corrected chi connectivity index (χ2v) is 3.94. The van der Waals surface area contributed by atoms with Gasteiger partial charge in [0.25, 0.3) is 0 Å². The molecule has 0 atom stereocenters. The monoisotopic (exact) mass is 245 g/mol. The van der Waals surface area contributed by atoms with Crippen molar-refractivity contribution in [1.29, 1.82) is 0 Å². The Kier molecular flexibility index (Phi) is 5.71. The van der Waals surface area contributed by atoms with E-state index in [-0.39, 0.29) is 5.91 Å². The summed E-state index contributed by atoms with van der Waals surface area (Å²) in [6, 6.07) is 9.92. The van der Waals surface area contributed by atoms with E-state index < -0.39 is 0 Å². The van der Waals surface area contributed by atoms with E-state index in [1.807, 2.05) is 49.4 Å². The summed E-state index contributed by atoms with van der Waals surface area (Å²) in [4.78, 5) is 12.7. The second-order valence-electron chi connectivity index (χ2n) is 3.94. The minimum atomic E-state index is -0.0275. The Bertz CT molecular complexity index is 435. The smallest absolute Gasteiger partial charge is 0.223 e. The van der Waals surface area contributed by atoms with Crippen molar-refractivity contribution in [3.8, 4) is 0 Å². The number of benzene rings is 1. The third-order valence-corrected chi connectivity index (χ3v) is 2.40. The molecule has 0 aromatic heterocycles. The first-order valence-electron chi connectivity index (χ1n) is 5.88. The highest BCUT2D eigenvalue weighted by atomic mass is 16.5. The molecular formula is C15H19NO2. The summed E-state index contributed by atoms with van der Waals surface area (Å²) in [5.74, 6) is 0.638. The zero-order valence-corrected chi connectivity index (χ0v) is 11.1. The first-order chi connectivity index (χ1) is 8.63. The van der Waals surface area contributed by atoms with E-state index in [0.717, 1.165) is 5.56 Å². The Morgan fingerprint density at radius 2 is 2.00 bits per heavy atom. The van der Waals surface area contributed by atoms with Gasteiger partial charge in [-0.25, -0.2) is 0 Å². The molecule has 18 heavy (non-hydrogen) atoms. The molecule has 1 rings (SSSR count). The first kappa shape index (κ1) is 14.0. The van der Waals surface area contributed by atoms with Gasteiger partial charge in [0, 0.05) is 20.2 Å². The van der Waals surface area contributed by atoms with E-state index in [1.165, 1.54) is 11.8 Å². The molecule has 1 aromatic carbocycles. The molecule has 0 aliphatic heterocycles. The van der Waals surface area contributed by atoms with E-state index in [1.54, 1.807) is 13.2 Å². The summed E-state index contributed by atoms with van der Waals surface area (Å²) in [5.41, 5.74) is 1.10. The number of allylic oxidation sites excluding steroid dienone is 2. The number of hydrogen-bond acceptors (Lipinski definition) is 2. The molecule has 0 spiro atoms. The lowest BCUT2D eigenvalue weighted by Crippen LogP contribution is -2.17. The molecule has 0 aliphatic carbocycles. The van der Waals surface area contributed by atoms with Gasteiger partial charge in [-0.3, -0.25) is 4.79 Å². The van der Waals surface area contributed by atoms with Gasteiger partial charge in [-0.15, -0.1) is 0 Å². The van der Waals surface area contributed by atoms with E-state index in [4.69, 9.17) is 4.74 Å². The number of amides is 1. The number of nitrogens with zero attached hydrogens (tertiary/aromatic N) is 1. The normalized spacial score (nSPS) is 11.6. The van der Waals surface area contributed by atoms with Crippen molar-refractivity contribution in [2.24, 2.45) is 0 Å². The summed E-state index contributed by atoms with van der Waals surface area (Å²) in [5, 5.41) is 0. The number of carbonyl (C=O) groups excluding carboxylic acids is 1. The van der Waals surface area contributed by atoms with Crippen LogP contribution in [0.15, 0.2) is 54.4 Å². The molecule has 0 N–H and O–H groups in total. The summed E-state index contributed by atoms with van der Waals surface area (Å²) < 4.78 is 5.67. The summed E-state index contributed by atoms with van der Waals surface area (Å²) in [7, 11) is 1.71. The van der Waals surface area contributed by atoms with Crippen molar-refractivity contribution in [3.05, 3.63) is 60.0 Å². The predicted molar refractivity (Wildman–Crippen MR) is 72.6 cm³/mol. The van der Waals surface area contributed by atoms with Crippen molar-refractivity contribution in [3.63, 3.8) is 0 Å². The maximum atomic E-state index is 11.2. The lowest BCUT2D eigenvalue weighted by molar-refractivity contribution is -0.125. The van der Waals surface area contributed by atoms with Crippen molar-refractivity contribution < 1.29 is 9.53 Å². The largest absolute Gasteiger partial charge is 0.487 e. The van der Waals surface area contributed by atoms with Gasteiger partial charge < -0.3 is 9.64 Å². The Morgan fingerprint density at radius 3 is 2.56 bits per heavy atom. The highest BCUT2D eigenvalue weighted by molar-refractivity contribution is 5.74. The van der Waals surface area contributed by atoms with Crippen LogP contribution in [-0.4, -0.2) is 17.9 Å². The minimum Gasteiger partial charge on any atom is -0.487 e. The first-order valence-corrected chi connectivity index (χ1v) is 5.88. The lowest BCUT2D eigenvalue weighted by atomic mass is 10.2. The number of rotatable bonds is 5. The molecule has 0 heterocycles. The SMILES string of the molecule is C/C=C\C(=C/N(C)C(C)=O)OCc1ccccc1. The fourth-order valence-electron chi connectivity index (χ4n) is 1.32. The fourth-order valence-corrected chi connectivity index (χ4v) is 1.32. The van der Waals surface area contributed by atoms with Crippen molar-refractivity contribution in [2.45, 2.75) is 20.5 Å². The molecule has 0 unspecified atom stereocenters. The highest BCUT2D eigenvalue weighted by Gasteiger charge is 2.01. The average Bonchev–Trinajstić information content (AvgIpc) is 2.37. The molecule has 3 heteroatoms. The van der Waals surface area contributed by atoms with Gasteiger partial charge in [0.2, 0.25) is 5.91 Å². The van der Waals surface area contributed by atoms with Gasteiger partial charge in [0.1, 0.15) is 12.4 Å². The van der Waals surface area contributed by atoms with Crippen LogP contribution in [0.5, 0.6) is 0 Å². The standard InChI is InChI=1S/C15H19NO2/c1-4-8-15(11-16(3)13(2)17)18-12-14-9-6-5-7-10-14/h4-11H,12H2,1-3H3/b8-4-,15-11+. The summed E-state index contributed by atoms with van der Waals surface area (Å²) in [6.07, 6.45) is 5.40. The van der Waals surface area contributed by atoms with Crippen molar-refractivity contribution in [2.75, 3.05) is 7.05 Å². The molecule has 0 radical (unpaired) electrons. The average molecular weight is 245 g/mol. The fraction of sp³-hybridized carbons (Fsp3) is 0.267. The van der Waals surface area contributed by atoms with Crippen molar-refractivity contribution >= 4 is 5.91 Å². The maximum absolute atomic E-state index is 11.2. The molecule has 1 aromatic rings. The van der Waals surface area contributed by atoms with Crippen LogP contribution in [-0.2, 0) is 16.1 Å². The zero-order valence-electron chi connectivity index (χ0n) is 11.1. The topological polar surface area (TPSA) is 29.5 Å². The molecule has 96 valence electrons. The molecular weight excluding hydrogens is 226 g/mol. The Balaban J connectivity index is 2.67. The molecule has 0 aliphatic rings. The van der Waals surface area contributed by atoms with Crippen LogP contribution >= 0.6 is 0 Å². The molecule has 0 saturated heterocycles. The number of carbonyl (C=O) groups is 1. The Labute approximate surface area is 108 Å². The quantitative estimate of drug-likeness (QED) is 0.589. The van der Waals surface area contributed by atoms with Crippen LogP contribution in [0.25, 0.3) is 0 Å².